The Kier molecular flexibility index (Phi) is 4.33. The number of fused-ring (bicyclic) bond motifs is 5. The topological polar surface area (TPSA) is 63.7 Å². The van der Waals surface area contributed by atoms with E-state index in [0.717, 1.165) is 25.0 Å². The molecule has 4 unspecified atom stereocenters. The summed E-state index contributed by atoms with van der Waals surface area (Å²) < 4.78 is 5.71. The van der Waals surface area contributed by atoms with Gasteiger partial charge in [-0.3, -0.25) is 14.5 Å². The molecule has 0 bridgehead atoms. The van der Waals surface area contributed by atoms with Gasteiger partial charge in [0.25, 0.3) is 0 Å². The number of piperidine rings is 1. The first-order valence-corrected chi connectivity index (χ1v) is 10.7. The predicted molar refractivity (Wildman–Crippen MR) is 105 cm³/mol. The molecule has 5 heteroatoms. The molecule has 0 N–H and O–H groups in total. The van der Waals surface area contributed by atoms with Crippen LogP contribution in [0.5, 0.6) is 0 Å². The van der Waals surface area contributed by atoms with E-state index in [1.54, 1.807) is 11.0 Å². The number of allylic oxidation sites excluding steroid dienone is 2. The van der Waals surface area contributed by atoms with Crippen LogP contribution in [0.1, 0.15) is 73.1 Å². The van der Waals surface area contributed by atoms with Crippen molar-refractivity contribution in [3.8, 4) is 0 Å². The smallest absolute Gasteiger partial charge is 0.414 e. The van der Waals surface area contributed by atoms with Crippen LogP contribution in [0, 0.1) is 28.6 Å². The third-order valence-electron chi connectivity index (χ3n) is 7.89. The zero-order chi connectivity index (χ0) is 20.5. The van der Waals surface area contributed by atoms with Gasteiger partial charge < -0.3 is 4.74 Å². The second kappa shape index (κ2) is 6.17. The van der Waals surface area contributed by atoms with Gasteiger partial charge in [0.15, 0.2) is 5.78 Å². The lowest BCUT2D eigenvalue weighted by atomic mass is 9.50. The van der Waals surface area contributed by atoms with Gasteiger partial charge in [0.1, 0.15) is 11.4 Å². The van der Waals surface area contributed by atoms with Crippen LogP contribution in [0.3, 0.4) is 0 Å². The molecular formula is C23H33NO4. The van der Waals surface area contributed by atoms with Crippen molar-refractivity contribution in [2.75, 3.05) is 6.54 Å². The van der Waals surface area contributed by atoms with Gasteiger partial charge in [-0.25, -0.2) is 4.79 Å². The summed E-state index contributed by atoms with van der Waals surface area (Å²) in [5.41, 5.74) is 0.0985. The molecule has 2 saturated carbocycles. The van der Waals surface area contributed by atoms with Crippen molar-refractivity contribution >= 4 is 17.7 Å². The highest BCUT2D eigenvalue weighted by molar-refractivity contribution is 5.92. The summed E-state index contributed by atoms with van der Waals surface area (Å²) in [5, 5.41) is 0. The van der Waals surface area contributed by atoms with Gasteiger partial charge in [0.2, 0.25) is 0 Å². The summed E-state index contributed by atoms with van der Waals surface area (Å²) in [4.78, 5) is 39.4. The fourth-order valence-corrected chi connectivity index (χ4v) is 6.57. The van der Waals surface area contributed by atoms with Crippen LogP contribution in [-0.2, 0) is 14.3 Å². The molecule has 0 spiro atoms. The Morgan fingerprint density at radius 2 is 1.89 bits per heavy atom. The molecule has 154 valence electrons. The number of rotatable bonds is 0. The maximum absolute atomic E-state index is 13.1. The molecule has 1 heterocycles. The summed E-state index contributed by atoms with van der Waals surface area (Å²) >= 11 is 0. The average molecular weight is 388 g/mol. The molecule has 3 fully saturated rings. The second-order valence-electron chi connectivity index (χ2n) is 11.0. The third kappa shape index (κ3) is 3.02. The van der Waals surface area contributed by atoms with E-state index in [1.807, 2.05) is 20.8 Å². The lowest BCUT2D eigenvalue weighted by Crippen LogP contribution is -2.58. The molecule has 4 rings (SSSR count). The highest BCUT2D eigenvalue weighted by Gasteiger charge is 2.60. The quantitative estimate of drug-likeness (QED) is 0.614. The second-order valence-corrected chi connectivity index (χ2v) is 11.0. The summed E-state index contributed by atoms with van der Waals surface area (Å²) in [6.45, 7) is 10.6. The van der Waals surface area contributed by atoms with E-state index in [2.05, 4.69) is 13.8 Å². The summed E-state index contributed by atoms with van der Waals surface area (Å²) in [6, 6.07) is 0. The molecule has 5 nitrogen and oxygen atoms in total. The molecular weight excluding hydrogens is 354 g/mol. The molecule has 28 heavy (non-hydrogen) atoms. The van der Waals surface area contributed by atoms with Crippen molar-refractivity contribution in [1.82, 2.24) is 4.90 Å². The largest absolute Gasteiger partial charge is 0.443 e. The van der Waals surface area contributed by atoms with Gasteiger partial charge in [-0.05, 0) is 63.2 Å². The van der Waals surface area contributed by atoms with E-state index >= 15 is 0 Å². The molecule has 1 saturated heterocycles. The van der Waals surface area contributed by atoms with Crippen LogP contribution in [0.2, 0.25) is 0 Å². The number of carbonyl (C=O) groups excluding carboxylic acids is 3. The van der Waals surface area contributed by atoms with Gasteiger partial charge >= 0.3 is 6.09 Å². The molecule has 0 radical (unpaired) electrons. The van der Waals surface area contributed by atoms with Crippen molar-refractivity contribution in [1.29, 1.82) is 0 Å². The molecule has 1 aliphatic heterocycles. The van der Waals surface area contributed by atoms with Crippen LogP contribution in [0.25, 0.3) is 0 Å². The molecule has 0 aromatic carbocycles. The fraction of sp³-hybridized carbons (Fsp3) is 0.783. The van der Waals surface area contributed by atoms with Crippen molar-refractivity contribution < 1.29 is 19.1 Å². The third-order valence-corrected chi connectivity index (χ3v) is 7.89. The van der Waals surface area contributed by atoms with E-state index in [-0.39, 0.29) is 28.6 Å². The first-order chi connectivity index (χ1) is 12.9. The molecule has 0 aromatic heterocycles. The number of carbonyl (C=O) groups is 3. The first-order valence-electron chi connectivity index (χ1n) is 10.7. The zero-order valence-corrected chi connectivity index (χ0v) is 17.8. The average Bonchev–Trinajstić information content (AvgIpc) is 2.87. The Labute approximate surface area is 167 Å². The van der Waals surface area contributed by atoms with Gasteiger partial charge in [0, 0.05) is 43.0 Å². The number of nitrogens with zero attached hydrogens (tertiary/aromatic N) is 1. The molecule has 1 amide bonds. The number of likely N-dealkylation sites (tertiary alicyclic amines) is 1. The minimum absolute atomic E-state index is 0.0555. The molecule has 0 aromatic rings. The first kappa shape index (κ1) is 19.7. The van der Waals surface area contributed by atoms with Crippen LogP contribution >= 0.6 is 0 Å². The van der Waals surface area contributed by atoms with Crippen LogP contribution in [0.4, 0.5) is 4.79 Å². The van der Waals surface area contributed by atoms with Crippen molar-refractivity contribution in [2.24, 2.45) is 28.6 Å². The highest BCUT2D eigenvalue weighted by Crippen LogP contribution is 2.63. The summed E-state index contributed by atoms with van der Waals surface area (Å²) in [5.74, 6) is 1.47. The molecule has 4 aliphatic rings. The number of hydrogen-bond donors (Lipinski definition) is 0. The van der Waals surface area contributed by atoms with Crippen LogP contribution < -0.4 is 0 Å². The standard InChI is InChI=1S/C23H33NO4/c1-21(2,3)28-20(27)24-13-16-17(23(5)9-6-14(25)11-19(23)24)7-8-22(4)12-15(26)10-18(16)22/h11,16-18H,6-10,12-13H2,1-5H3/t16?,17?,18?,22?,23-/m1/s1. The number of ketones is 2. The molecule has 3 aliphatic carbocycles. The van der Waals surface area contributed by atoms with Crippen molar-refractivity contribution in [3.05, 3.63) is 11.8 Å². The lowest BCUT2D eigenvalue weighted by molar-refractivity contribution is -0.119. The van der Waals surface area contributed by atoms with E-state index in [4.69, 9.17) is 4.74 Å². The van der Waals surface area contributed by atoms with Crippen LogP contribution in [0.15, 0.2) is 11.8 Å². The maximum Gasteiger partial charge on any atom is 0.414 e. The zero-order valence-electron chi connectivity index (χ0n) is 17.8. The number of Topliss-reactive ketones (excluding diaryl/α,β-unsaturated/α-hetero) is 1. The van der Waals surface area contributed by atoms with Crippen molar-refractivity contribution in [3.63, 3.8) is 0 Å². The molecule has 5 atom stereocenters. The number of ether oxygens (including phenoxy) is 1. The Balaban J connectivity index is 1.74. The maximum atomic E-state index is 13.1. The van der Waals surface area contributed by atoms with E-state index in [1.165, 1.54) is 0 Å². The Morgan fingerprint density at radius 1 is 1.18 bits per heavy atom. The van der Waals surface area contributed by atoms with Gasteiger partial charge in [-0.15, -0.1) is 0 Å². The number of hydrogen-bond acceptors (Lipinski definition) is 4. The van der Waals surface area contributed by atoms with E-state index in [9.17, 15) is 14.4 Å². The van der Waals surface area contributed by atoms with E-state index < -0.39 is 5.60 Å². The number of amides is 1. The Morgan fingerprint density at radius 3 is 2.57 bits per heavy atom. The Bertz CT molecular complexity index is 763. The minimum atomic E-state index is -0.589. The highest BCUT2D eigenvalue weighted by atomic mass is 16.6. The normalized spacial score (nSPS) is 40.4. The summed E-state index contributed by atoms with van der Waals surface area (Å²) in [6.07, 6.45) is 6.07. The summed E-state index contributed by atoms with van der Waals surface area (Å²) in [7, 11) is 0. The SMILES string of the molecule is CC(C)(C)OC(=O)N1CC2C3CC(=O)CC3(C)CCC2[C@@]2(C)CCC(=O)C=C12. The monoisotopic (exact) mass is 387 g/mol. The van der Waals surface area contributed by atoms with Crippen molar-refractivity contribution in [2.45, 2.75) is 78.7 Å². The van der Waals surface area contributed by atoms with Gasteiger partial charge in [-0.2, -0.15) is 0 Å². The minimum Gasteiger partial charge on any atom is -0.443 e. The van der Waals surface area contributed by atoms with Gasteiger partial charge in [0.05, 0.1) is 0 Å². The lowest BCUT2D eigenvalue weighted by Gasteiger charge is -2.59. The fourth-order valence-electron chi connectivity index (χ4n) is 6.57. The predicted octanol–water partition coefficient (Wildman–Crippen LogP) is 4.50. The van der Waals surface area contributed by atoms with E-state index in [0.29, 0.717) is 43.4 Å². The van der Waals surface area contributed by atoms with Gasteiger partial charge in [-0.1, -0.05) is 13.8 Å². The van der Waals surface area contributed by atoms with Crippen LogP contribution in [-0.4, -0.2) is 34.7 Å². The Hall–Kier alpha value is -1.65.